The fourth-order valence-electron chi connectivity index (χ4n) is 1.21. The number of likely N-dealkylation sites (tertiary alicyclic amines) is 1. The maximum Gasteiger partial charge on any atom is 0.229 e. The van der Waals surface area contributed by atoms with E-state index in [1.807, 2.05) is 0 Å². The smallest absolute Gasteiger partial charge is 0.229 e. The average Bonchev–Trinajstić information content (AvgIpc) is 2.31. The van der Waals surface area contributed by atoms with E-state index >= 15 is 0 Å². The molecule has 1 rings (SSSR count). The highest BCUT2D eigenvalue weighted by atomic mass is 35.7. The van der Waals surface area contributed by atoms with Gasteiger partial charge in [-0.1, -0.05) is 0 Å². The maximum atomic E-state index is 9.40. The minimum Gasteiger partial charge on any atom is -0.395 e. The normalized spacial score (nSPS) is 23.8. The van der Waals surface area contributed by atoms with E-state index in [2.05, 4.69) is 22.6 Å². The highest BCUT2D eigenvalue weighted by molar-refractivity contribution is 8.13. The Bertz CT molecular complexity index is 222. The molecule has 1 fully saturated rings. The molecule has 0 aromatic heterocycles. The van der Waals surface area contributed by atoms with Crippen molar-refractivity contribution >= 4 is 19.7 Å². The van der Waals surface area contributed by atoms with Gasteiger partial charge >= 0.3 is 0 Å². The van der Waals surface area contributed by atoms with E-state index in [-0.39, 0.29) is 0 Å². The van der Waals surface area contributed by atoms with Crippen LogP contribution in [0.4, 0.5) is 0 Å². The molecule has 1 saturated heterocycles. The van der Waals surface area contributed by atoms with Crippen molar-refractivity contribution < 1.29 is 13.5 Å². The molecule has 0 aromatic rings. The fourth-order valence-corrected chi connectivity index (χ4v) is 1.21. The maximum absolute atomic E-state index is 9.40. The first kappa shape index (κ1) is 13.2. The van der Waals surface area contributed by atoms with Gasteiger partial charge in [0.1, 0.15) is 0 Å². The molecule has 1 N–H and O–H groups in total. The third-order valence-corrected chi connectivity index (χ3v) is 1.88. The number of halogens is 1. The average molecular weight is 230 g/mol. The molecule has 1 aliphatic heterocycles. The van der Waals surface area contributed by atoms with Crippen LogP contribution in [0.3, 0.4) is 0 Å². The van der Waals surface area contributed by atoms with E-state index < -0.39 is 9.05 Å². The number of hydrogen-bond donors (Lipinski definition) is 1. The third-order valence-electron chi connectivity index (χ3n) is 1.88. The van der Waals surface area contributed by atoms with E-state index in [1.54, 1.807) is 0 Å². The molecular weight excluding hydrogens is 214 g/mol. The van der Waals surface area contributed by atoms with Gasteiger partial charge in [0, 0.05) is 16.7 Å². The Balaban J connectivity index is 0.000000252. The lowest BCUT2D eigenvalue weighted by Crippen LogP contribution is -2.27. The third kappa shape index (κ3) is 8.49. The van der Waals surface area contributed by atoms with Crippen LogP contribution < -0.4 is 0 Å². The fraction of sp³-hybridized carbons (Fsp3) is 1.00. The van der Waals surface area contributed by atoms with Gasteiger partial charge in [-0.25, -0.2) is 8.42 Å². The standard InChI is InChI=1S/C6H13NO.CH3ClO2S/c1-7-4-2-3-6(7)5-8;1-5(2,3)4/h6,8H,2-5H2,1H3;1H3/t6-;/m0./s1. The Hall–Kier alpha value is 0.160. The second-order valence-electron chi connectivity index (χ2n) is 3.14. The molecule has 6 heteroatoms. The summed E-state index contributed by atoms with van der Waals surface area (Å²) in [6, 6.07) is 0.454. The molecule has 13 heavy (non-hydrogen) atoms. The molecular formula is C7H16ClNO3S. The zero-order chi connectivity index (χ0) is 10.5. The molecule has 1 atom stereocenters. The number of rotatable bonds is 1. The van der Waals surface area contributed by atoms with Crippen LogP contribution in [0, 0.1) is 0 Å². The second-order valence-corrected chi connectivity index (χ2v) is 6.19. The Morgan fingerprint density at radius 3 is 2.23 bits per heavy atom. The summed E-state index contributed by atoms with van der Waals surface area (Å²) in [7, 11) is 3.37. The number of aliphatic hydroxyl groups excluding tert-OH is 1. The van der Waals surface area contributed by atoms with Gasteiger partial charge in [-0.2, -0.15) is 0 Å². The lowest BCUT2D eigenvalue weighted by Gasteiger charge is -2.15. The second kappa shape index (κ2) is 5.80. The Morgan fingerprint density at radius 1 is 1.62 bits per heavy atom. The highest BCUT2D eigenvalue weighted by Gasteiger charge is 2.18. The van der Waals surface area contributed by atoms with E-state index in [9.17, 15) is 8.42 Å². The Labute approximate surface area is 83.9 Å². The zero-order valence-electron chi connectivity index (χ0n) is 7.90. The molecule has 1 heterocycles. The van der Waals surface area contributed by atoms with Crippen LogP contribution in [-0.2, 0) is 9.05 Å². The zero-order valence-corrected chi connectivity index (χ0v) is 9.48. The molecule has 0 aromatic carbocycles. The lowest BCUT2D eigenvalue weighted by atomic mass is 10.2. The number of aliphatic hydroxyl groups is 1. The Morgan fingerprint density at radius 2 is 2.08 bits per heavy atom. The van der Waals surface area contributed by atoms with Crippen molar-refractivity contribution in [1.29, 1.82) is 0 Å². The molecule has 0 unspecified atom stereocenters. The summed E-state index contributed by atoms with van der Waals surface area (Å²) >= 11 is 0. The van der Waals surface area contributed by atoms with Crippen LogP contribution in [0.1, 0.15) is 12.8 Å². The predicted molar refractivity (Wildman–Crippen MR) is 53.4 cm³/mol. The van der Waals surface area contributed by atoms with Gasteiger partial charge in [-0.15, -0.1) is 0 Å². The number of hydrogen-bond acceptors (Lipinski definition) is 4. The van der Waals surface area contributed by atoms with Crippen molar-refractivity contribution in [3.05, 3.63) is 0 Å². The van der Waals surface area contributed by atoms with Crippen LogP contribution in [0.25, 0.3) is 0 Å². The van der Waals surface area contributed by atoms with Gasteiger partial charge in [0.25, 0.3) is 0 Å². The van der Waals surface area contributed by atoms with Gasteiger partial charge in [0.2, 0.25) is 9.05 Å². The van der Waals surface area contributed by atoms with Crippen LogP contribution in [0.5, 0.6) is 0 Å². The molecule has 4 nitrogen and oxygen atoms in total. The minimum atomic E-state index is -3.19. The largest absolute Gasteiger partial charge is 0.395 e. The molecule has 0 saturated carbocycles. The van der Waals surface area contributed by atoms with Crippen molar-refractivity contribution in [2.75, 3.05) is 26.5 Å². The molecule has 0 aliphatic carbocycles. The van der Waals surface area contributed by atoms with Gasteiger partial charge in [0.05, 0.1) is 12.9 Å². The molecule has 1 aliphatic rings. The summed E-state index contributed by atoms with van der Waals surface area (Å²) in [6.45, 7) is 1.49. The quantitative estimate of drug-likeness (QED) is 0.656. The molecule has 0 bridgehead atoms. The summed E-state index contributed by atoms with van der Waals surface area (Å²) in [5.74, 6) is 0. The van der Waals surface area contributed by atoms with Gasteiger partial charge in [-0.05, 0) is 26.4 Å². The first-order valence-corrected chi connectivity index (χ1v) is 6.77. The summed E-state index contributed by atoms with van der Waals surface area (Å²) < 4.78 is 18.8. The number of likely N-dealkylation sites (N-methyl/N-ethyl adjacent to an activating group) is 1. The first-order valence-electron chi connectivity index (χ1n) is 4.05. The van der Waals surface area contributed by atoms with Gasteiger partial charge < -0.3 is 10.0 Å². The summed E-state index contributed by atoms with van der Waals surface area (Å²) in [4.78, 5) is 2.21. The predicted octanol–water partition coefficient (Wildman–Crippen LogP) is 0.258. The SMILES string of the molecule is CN1CCC[C@H]1CO.CS(=O)(=O)Cl. The summed E-state index contributed by atoms with van der Waals surface area (Å²) in [6.07, 6.45) is 3.35. The van der Waals surface area contributed by atoms with E-state index in [1.165, 1.54) is 12.8 Å². The van der Waals surface area contributed by atoms with E-state index in [0.717, 1.165) is 12.8 Å². The summed E-state index contributed by atoms with van der Waals surface area (Å²) in [5, 5.41) is 8.69. The van der Waals surface area contributed by atoms with Crippen molar-refractivity contribution in [2.24, 2.45) is 0 Å². The number of nitrogens with zero attached hydrogens (tertiary/aromatic N) is 1. The van der Waals surface area contributed by atoms with Crippen molar-refractivity contribution in [3.63, 3.8) is 0 Å². The first-order chi connectivity index (χ1) is 5.84. The van der Waals surface area contributed by atoms with Crippen molar-refractivity contribution in [2.45, 2.75) is 18.9 Å². The molecule has 80 valence electrons. The van der Waals surface area contributed by atoms with Crippen LogP contribution in [0.2, 0.25) is 0 Å². The topological polar surface area (TPSA) is 57.6 Å². The monoisotopic (exact) mass is 229 g/mol. The van der Waals surface area contributed by atoms with Crippen LogP contribution >= 0.6 is 10.7 Å². The molecule has 0 spiro atoms. The van der Waals surface area contributed by atoms with Crippen LogP contribution in [0.15, 0.2) is 0 Å². The summed E-state index contributed by atoms with van der Waals surface area (Å²) in [5.41, 5.74) is 0. The highest BCUT2D eigenvalue weighted by Crippen LogP contribution is 2.12. The van der Waals surface area contributed by atoms with Gasteiger partial charge in [-0.3, -0.25) is 0 Å². The lowest BCUT2D eigenvalue weighted by molar-refractivity contribution is 0.182. The Kier molecular flexibility index (Phi) is 5.87. The van der Waals surface area contributed by atoms with Gasteiger partial charge in [0.15, 0.2) is 0 Å². The van der Waals surface area contributed by atoms with E-state index in [4.69, 9.17) is 5.11 Å². The molecule has 0 amide bonds. The van der Waals surface area contributed by atoms with Crippen molar-refractivity contribution in [3.8, 4) is 0 Å². The van der Waals surface area contributed by atoms with Crippen LogP contribution in [-0.4, -0.2) is 50.9 Å². The van der Waals surface area contributed by atoms with E-state index in [0.29, 0.717) is 12.6 Å². The minimum absolute atomic E-state index is 0.330. The molecule has 0 radical (unpaired) electrons. The van der Waals surface area contributed by atoms with Crippen molar-refractivity contribution in [1.82, 2.24) is 4.90 Å².